The average Bonchev–Trinajstić information content (AvgIpc) is 2.23. The topological polar surface area (TPSA) is 71.7 Å². The normalized spacial score (nSPS) is 23.2. The quantitative estimate of drug-likeness (QED) is 0.239. The molecule has 0 aliphatic heterocycles. The van der Waals surface area contributed by atoms with Crippen molar-refractivity contribution in [1.82, 2.24) is 10.7 Å². The fourth-order valence-electron chi connectivity index (χ4n) is 3.52. The molecule has 0 atom stereocenters. The van der Waals surface area contributed by atoms with E-state index >= 15 is 0 Å². The van der Waals surface area contributed by atoms with E-state index in [2.05, 4.69) is 43.4 Å². The fourth-order valence-corrected chi connectivity index (χ4v) is 3.52. The van der Waals surface area contributed by atoms with Gasteiger partial charge in [-0.05, 0) is 30.1 Å². The minimum Gasteiger partial charge on any atom is -0.383 e. The molecule has 1 rings (SSSR count). The molecule has 0 bridgehead atoms. The van der Waals surface area contributed by atoms with Gasteiger partial charge in [0.25, 0.3) is 0 Å². The molecule has 0 spiro atoms. The molecule has 1 fully saturated rings. The van der Waals surface area contributed by atoms with Gasteiger partial charge in [-0.3, -0.25) is 5.43 Å². The van der Waals surface area contributed by atoms with Crippen LogP contribution in [0.4, 0.5) is 0 Å². The van der Waals surface area contributed by atoms with Crippen molar-refractivity contribution in [3.05, 3.63) is 0 Å². The van der Waals surface area contributed by atoms with Crippen LogP contribution in [-0.4, -0.2) is 32.3 Å². The summed E-state index contributed by atoms with van der Waals surface area (Å²) in [5.41, 5.74) is 3.35. The summed E-state index contributed by atoms with van der Waals surface area (Å²) in [6.07, 6.45) is 3.53. The maximum atomic E-state index is 5.52. The Hall–Kier alpha value is -0.810. The van der Waals surface area contributed by atoms with E-state index in [-0.39, 0.29) is 0 Å². The molecule has 112 valence electrons. The summed E-state index contributed by atoms with van der Waals surface area (Å²) in [4.78, 5) is 4.37. The minimum atomic E-state index is 0.353. The third kappa shape index (κ3) is 5.78. The van der Waals surface area contributed by atoms with E-state index in [1.165, 1.54) is 6.42 Å². The van der Waals surface area contributed by atoms with Crippen LogP contribution in [0, 0.1) is 10.8 Å². The van der Waals surface area contributed by atoms with Crippen LogP contribution in [0.15, 0.2) is 4.99 Å². The van der Waals surface area contributed by atoms with Gasteiger partial charge in [-0.1, -0.05) is 27.7 Å². The first-order chi connectivity index (χ1) is 8.78. The predicted octanol–water partition coefficient (Wildman–Crippen LogP) is 1.65. The van der Waals surface area contributed by atoms with Gasteiger partial charge < -0.3 is 10.1 Å². The largest absolute Gasteiger partial charge is 0.383 e. The first-order valence-corrected chi connectivity index (χ1v) is 7.04. The van der Waals surface area contributed by atoms with Crippen molar-refractivity contribution in [2.75, 3.05) is 20.3 Å². The van der Waals surface area contributed by atoms with Crippen molar-refractivity contribution in [1.29, 1.82) is 0 Å². The Morgan fingerprint density at radius 1 is 1.26 bits per heavy atom. The SMILES string of the molecule is COCCN=C(NN)NC1CC(C)(C)CC(C)(C)C1. The molecule has 4 N–H and O–H groups in total. The summed E-state index contributed by atoms with van der Waals surface area (Å²) in [5, 5.41) is 3.43. The van der Waals surface area contributed by atoms with Gasteiger partial charge in [0.2, 0.25) is 5.96 Å². The van der Waals surface area contributed by atoms with Crippen LogP contribution in [0.1, 0.15) is 47.0 Å². The number of guanidine groups is 1. The van der Waals surface area contributed by atoms with Gasteiger partial charge in [0.05, 0.1) is 13.2 Å². The molecule has 5 heteroatoms. The number of hydrogen-bond donors (Lipinski definition) is 3. The van der Waals surface area contributed by atoms with Crippen molar-refractivity contribution >= 4 is 5.96 Å². The number of ether oxygens (including phenoxy) is 1. The van der Waals surface area contributed by atoms with Crippen LogP contribution in [0.2, 0.25) is 0 Å². The Kier molecular flexibility index (Phi) is 5.62. The van der Waals surface area contributed by atoms with Gasteiger partial charge in [0.1, 0.15) is 0 Å². The lowest BCUT2D eigenvalue weighted by Crippen LogP contribution is -2.51. The maximum absolute atomic E-state index is 5.52. The number of hydrogen-bond acceptors (Lipinski definition) is 3. The second-order valence-corrected chi connectivity index (χ2v) is 7.12. The van der Waals surface area contributed by atoms with Crippen molar-refractivity contribution in [3.8, 4) is 0 Å². The molecule has 0 radical (unpaired) electrons. The highest BCUT2D eigenvalue weighted by molar-refractivity contribution is 5.79. The third-order valence-corrected chi connectivity index (χ3v) is 3.60. The van der Waals surface area contributed by atoms with Crippen molar-refractivity contribution in [2.24, 2.45) is 21.7 Å². The Balaban J connectivity index is 2.61. The molecule has 1 saturated carbocycles. The first kappa shape index (κ1) is 16.2. The molecule has 1 aliphatic rings. The van der Waals surface area contributed by atoms with E-state index in [4.69, 9.17) is 10.6 Å². The molecular weight excluding hydrogens is 240 g/mol. The summed E-state index contributed by atoms with van der Waals surface area (Å²) in [6.45, 7) is 10.6. The van der Waals surface area contributed by atoms with E-state index in [0.717, 1.165) is 12.8 Å². The lowest BCUT2D eigenvalue weighted by atomic mass is 9.63. The molecular formula is C14H30N4O. The smallest absolute Gasteiger partial charge is 0.206 e. The maximum Gasteiger partial charge on any atom is 0.206 e. The summed E-state index contributed by atoms with van der Waals surface area (Å²) in [7, 11) is 1.67. The molecule has 1 aliphatic carbocycles. The molecule has 0 unspecified atom stereocenters. The number of hydrazine groups is 1. The van der Waals surface area contributed by atoms with Gasteiger partial charge in [0.15, 0.2) is 0 Å². The molecule has 5 nitrogen and oxygen atoms in total. The van der Waals surface area contributed by atoms with Gasteiger partial charge in [-0.15, -0.1) is 0 Å². The minimum absolute atomic E-state index is 0.353. The Labute approximate surface area is 117 Å². The highest BCUT2D eigenvalue weighted by atomic mass is 16.5. The zero-order chi connectivity index (χ0) is 14.5. The Morgan fingerprint density at radius 2 is 1.84 bits per heavy atom. The molecule has 0 amide bonds. The van der Waals surface area contributed by atoms with E-state index in [1.54, 1.807) is 7.11 Å². The summed E-state index contributed by atoms with van der Waals surface area (Å²) in [6, 6.07) is 0.413. The first-order valence-electron chi connectivity index (χ1n) is 7.04. The van der Waals surface area contributed by atoms with Gasteiger partial charge in [-0.2, -0.15) is 0 Å². The molecule has 0 aromatic rings. The molecule has 0 aromatic heterocycles. The van der Waals surface area contributed by atoms with Gasteiger partial charge in [0, 0.05) is 13.2 Å². The zero-order valence-electron chi connectivity index (χ0n) is 13.0. The van der Waals surface area contributed by atoms with Crippen molar-refractivity contribution < 1.29 is 4.74 Å². The van der Waals surface area contributed by atoms with Crippen LogP contribution >= 0.6 is 0 Å². The summed E-state index contributed by atoms with van der Waals surface area (Å²) >= 11 is 0. The van der Waals surface area contributed by atoms with Crippen LogP contribution in [0.5, 0.6) is 0 Å². The van der Waals surface area contributed by atoms with Crippen LogP contribution in [-0.2, 0) is 4.74 Å². The Bertz CT molecular complexity index is 297. The number of aliphatic imine (C=N–C) groups is 1. The van der Waals surface area contributed by atoms with E-state index < -0.39 is 0 Å². The van der Waals surface area contributed by atoms with Crippen LogP contribution in [0.25, 0.3) is 0 Å². The van der Waals surface area contributed by atoms with Gasteiger partial charge >= 0.3 is 0 Å². The standard InChI is InChI=1S/C14H30N4O/c1-13(2)8-11(9-14(3,4)10-13)17-12(18-15)16-6-7-19-5/h11H,6-10,15H2,1-5H3,(H2,16,17,18). The molecule has 0 aromatic carbocycles. The second-order valence-electron chi connectivity index (χ2n) is 7.12. The fraction of sp³-hybridized carbons (Fsp3) is 0.929. The second kappa shape index (κ2) is 6.57. The predicted molar refractivity (Wildman–Crippen MR) is 79.8 cm³/mol. The van der Waals surface area contributed by atoms with Crippen LogP contribution < -0.4 is 16.6 Å². The number of rotatable bonds is 4. The Morgan fingerprint density at radius 3 is 2.32 bits per heavy atom. The third-order valence-electron chi connectivity index (χ3n) is 3.60. The summed E-state index contributed by atoms with van der Waals surface area (Å²) in [5.74, 6) is 6.19. The highest BCUT2D eigenvalue weighted by Gasteiger charge is 2.38. The van der Waals surface area contributed by atoms with E-state index in [0.29, 0.717) is 36.0 Å². The van der Waals surface area contributed by atoms with Crippen molar-refractivity contribution in [2.45, 2.75) is 53.0 Å². The molecule has 0 heterocycles. The lowest BCUT2D eigenvalue weighted by Gasteiger charge is -2.45. The van der Waals surface area contributed by atoms with Crippen LogP contribution in [0.3, 0.4) is 0 Å². The highest BCUT2D eigenvalue weighted by Crippen LogP contribution is 2.45. The number of nitrogens with one attached hydrogen (secondary N) is 2. The number of nitrogens with two attached hydrogens (primary N) is 1. The monoisotopic (exact) mass is 270 g/mol. The van der Waals surface area contributed by atoms with Crippen molar-refractivity contribution in [3.63, 3.8) is 0 Å². The van der Waals surface area contributed by atoms with Gasteiger partial charge in [-0.25, -0.2) is 10.8 Å². The van der Waals surface area contributed by atoms with E-state index in [1.807, 2.05) is 0 Å². The zero-order valence-corrected chi connectivity index (χ0v) is 13.0. The average molecular weight is 270 g/mol. The van der Waals surface area contributed by atoms with E-state index in [9.17, 15) is 0 Å². The number of nitrogens with zero attached hydrogens (tertiary/aromatic N) is 1. The number of methoxy groups -OCH3 is 1. The molecule has 0 saturated heterocycles. The molecule has 19 heavy (non-hydrogen) atoms. The summed E-state index contributed by atoms with van der Waals surface area (Å²) < 4.78 is 4.99. The lowest BCUT2D eigenvalue weighted by molar-refractivity contribution is 0.0918.